The second kappa shape index (κ2) is 6.78. The summed E-state index contributed by atoms with van der Waals surface area (Å²) in [6.45, 7) is 2.18. The second-order valence-electron chi connectivity index (χ2n) is 3.89. The molecule has 0 fully saturated rings. The number of aldehydes is 1. The molecule has 0 radical (unpaired) electrons. The number of hydrogen-bond donors (Lipinski definition) is 0. The van der Waals surface area contributed by atoms with Gasteiger partial charge in [-0.3, -0.25) is 4.79 Å². The largest absolute Gasteiger partial charge is 0.298 e. The molecule has 1 aromatic rings. The van der Waals surface area contributed by atoms with Crippen LogP contribution >= 0.6 is 15.9 Å². The van der Waals surface area contributed by atoms with E-state index >= 15 is 0 Å². The third-order valence-electron chi connectivity index (χ3n) is 2.43. The fourth-order valence-corrected chi connectivity index (χ4v) is 1.84. The Hall–Kier alpha value is -0.630. The van der Waals surface area contributed by atoms with Gasteiger partial charge < -0.3 is 0 Å². The number of alkyl halides is 1. The van der Waals surface area contributed by atoms with Crippen LogP contribution < -0.4 is 0 Å². The summed E-state index contributed by atoms with van der Waals surface area (Å²) >= 11 is 3.54. The molecule has 0 saturated heterocycles. The van der Waals surface area contributed by atoms with E-state index in [1.165, 1.54) is 24.8 Å². The lowest BCUT2D eigenvalue weighted by Crippen LogP contribution is -1.92. The predicted octanol–water partition coefficient (Wildman–Crippen LogP) is 4.00. The van der Waals surface area contributed by atoms with Crippen molar-refractivity contribution in [2.45, 2.75) is 37.4 Å². The molecule has 15 heavy (non-hydrogen) atoms. The third-order valence-corrected chi connectivity index (χ3v) is 2.89. The maximum absolute atomic E-state index is 10.4. The van der Waals surface area contributed by atoms with Gasteiger partial charge in [0, 0.05) is 10.4 Å². The summed E-state index contributed by atoms with van der Waals surface area (Å²) in [5, 5.41) is 0. The van der Waals surface area contributed by atoms with E-state index in [1.807, 2.05) is 24.3 Å². The Morgan fingerprint density at radius 3 is 2.47 bits per heavy atom. The van der Waals surface area contributed by atoms with Crippen LogP contribution in [0.15, 0.2) is 24.3 Å². The molecule has 82 valence electrons. The van der Waals surface area contributed by atoms with Crippen molar-refractivity contribution in [3.63, 3.8) is 0 Å². The standard InChI is InChI=1S/C13H17BrO/c1-11(14)4-2-3-5-12-6-8-13(10-15)9-7-12/h6-11H,2-5H2,1H3. The van der Waals surface area contributed by atoms with Crippen molar-refractivity contribution in [2.75, 3.05) is 0 Å². The van der Waals surface area contributed by atoms with Crippen molar-refractivity contribution in [1.82, 2.24) is 0 Å². The Balaban J connectivity index is 2.28. The topological polar surface area (TPSA) is 17.1 Å². The van der Waals surface area contributed by atoms with Crippen molar-refractivity contribution in [1.29, 1.82) is 0 Å². The summed E-state index contributed by atoms with van der Waals surface area (Å²) in [7, 11) is 0. The molecule has 0 heterocycles. The average molecular weight is 269 g/mol. The van der Waals surface area contributed by atoms with Crippen LogP contribution in [0.2, 0.25) is 0 Å². The molecule has 1 unspecified atom stereocenters. The summed E-state index contributed by atoms with van der Waals surface area (Å²) in [6, 6.07) is 7.85. The first kappa shape index (κ1) is 12.4. The Kier molecular flexibility index (Phi) is 5.62. The fraction of sp³-hybridized carbons (Fsp3) is 0.462. The molecule has 1 rings (SSSR count). The molecule has 0 aliphatic heterocycles. The Morgan fingerprint density at radius 2 is 1.93 bits per heavy atom. The van der Waals surface area contributed by atoms with Crippen LogP contribution in [0.5, 0.6) is 0 Å². The molecule has 0 bridgehead atoms. The maximum atomic E-state index is 10.4. The zero-order valence-electron chi connectivity index (χ0n) is 9.08. The highest BCUT2D eigenvalue weighted by Crippen LogP contribution is 2.12. The number of carbonyl (C=O) groups is 1. The van der Waals surface area contributed by atoms with E-state index in [0.717, 1.165) is 18.3 Å². The SMILES string of the molecule is CC(Br)CCCCc1ccc(C=O)cc1. The number of aryl methyl sites for hydroxylation is 1. The lowest BCUT2D eigenvalue weighted by Gasteiger charge is -2.03. The van der Waals surface area contributed by atoms with E-state index in [4.69, 9.17) is 0 Å². The first-order valence-electron chi connectivity index (χ1n) is 5.40. The molecule has 0 spiro atoms. The zero-order chi connectivity index (χ0) is 11.1. The molecule has 0 saturated carbocycles. The lowest BCUT2D eigenvalue weighted by molar-refractivity contribution is 0.112. The average Bonchev–Trinajstić information content (AvgIpc) is 2.25. The summed E-state index contributed by atoms with van der Waals surface area (Å²) in [4.78, 5) is 11.1. The Bertz CT molecular complexity index is 290. The molecule has 0 amide bonds. The number of unbranched alkanes of at least 4 members (excludes halogenated alkanes) is 1. The Morgan fingerprint density at radius 1 is 1.27 bits per heavy atom. The van der Waals surface area contributed by atoms with Crippen LogP contribution in [-0.2, 0) is 6.42 Å². The second-order valence-corrected chi connectivity index (χ2v) is 5.45. The molecule has 2 heteroatoms. The summed E-state index contributed by atoms with van der Waals surface area (Å²) in [5.41, 5.74) is 2.08. The summed E-state index contributed by atoms with van der Waals surface area (Å²) < 4.78 is 0. The quantitative estimate of drug-likeness (QED) is 0.433. The van der Waals surface area contributed by atoms with Gasteiger partial charge in [-0.15, -0.1) is 0 Å². The highest BCUT2D eigenvalue weighted by Gasteiger charge is 1.97. The van der Waals surface area contributed by atoms with Gasteiger partial charge in [-0.25, -0.2) is 0 Å². The number of halogens is 1. The highest BCUT2D eigenvalue weighted by molar-refractivity contribution is 9.09. The minimum absolute atomic E-state index is 0.620. The first-order valence-corrected chi connectivity index (χ1v) is 6.32. The van der Waals surface area contributed by atoms with Crippen LogP contribution in [0.25, 0.3) is 0 Å². The predicted molar refractivity (Wildman–Crippen MR) is 67.8 cm³/mol. The van der Waals surface area contributed by atoms with Crippen LogP contribution in [0, 0.1) is 0 Å². The van der Waals surface area contributed by atoms with E-state index in [2.05, 4.69) is 22.9 Å². The Labute approximate surface area is 100 Å². The van der Waals surface area contributed by atoms with Gasteiger partial charge in [0.05, 0.1) is 0 Å². The molecular formula is C13H17BrO. The lowest BCUT2D eigenvalue weighted by atomic mass is 10.1. The van der Waals surface area contributed by atoms with E-state index in [1.54, 1.807) is 0 Å². The van der Waals surface area contributed by atoms with Crippen LogP contribution in [0.1, 0.15) is 42.1 Å². The molecule has 1 aromatic carbocycles. The van der Waals surface area contributed by atoms with Crippen LogP contribution in [0.3, 0.4) is 0 Å². The van der Waals surface area contributed by atoms with Gasteiger partial charge in [-0.2, -0.15) is 0 Å². The van der Waals surface area contributed by atoms with Crippen molar-refractivity contribution >= 4 is 22.2 Å². The normalized spacial score (nSPS) is 12.4. The van der Waals surface area contributed by atoms with Gasteiger partial charge in [-0.1, -0.05) is 53.5 Å². The van der Waals surface area contributed by atoms with Gasteiger partial charge in [0.1, 0.15) is 6.29 Å². The minimum atomic E-state index is 0.620. The summed E-state index contributed by atoms with van der Waals surface area (Å²) in [5.74, 6) is 0. The molecule has 1 atom stereocenters. The fourth-order valence-electron chi connectivity index (χ4n) is 1.52. The van der Waals surface area contributed by atoms with Gasteiger partial charge >= 0.3 is 0 Å². The number of hydrogen-bond acceptors (Lipinski definition) is 1. The van der Waals surface area contributed by atoms with Gasteiger partial charge in [0.15, 0.2) is 0 Å². The van der Waals surface area contributed by atoms with E-state index in [9.17, 15) is 4.79 Å². The van der Waals surface area contributed by atoms with Gasteiger partial charge in [-0.05, 0) is 24.8 Å². The number of carbonyl (C=O) groups excluding carboxylic acids is 1. The maximum Gasteiger partial charge on any atom is 0.150 e. The molecule has 0 aliphatic rings. The van der Waals surface area contributed by atoms with E-state index in [-0.39, 0.29) is 0 Å². The van der Waals surface area contributed by atoms with E-state index < -0.39 is 0 Å². The molecule has 1 nitrogen and oxygen atoms in total. The van der Waals surface area contributed by atoms with Gasteiger partial charge in [0.25, 0.3) is 0 Å². The van der Waals surface area contributed by atoms with Crippen molar-refractivity contribution in [3.05, 3.63) is 35.4 Å². The molecule has 0 aromatic heterocycles. The van der Waals surface area contributed by atoms with Crippen molar-refractivity contribution in [2.24, 2.45) is 0 Å². The number of benzene rings is 1. The van der Waals surface area contributed by atoms with Crippen molar-refractivity contribution < 1.29 is 4.79 Å². The zero-order valence-corrected chi connectivity index (χ0v) is 10.7. The van der Waals surface area contributed by atoms with Crippen LogP contribution in [-0.4, -0.2) is 11.1 Å². The molecular weight excluding hydrogens is 252 g/mol. The van der Waals surface area contributed by atoms with Crippen molar-refractivity contribution in [3.8, 4) is 0 Å². The highest BCUT2D eigenvalue weighted by atomic mass is 79.9. The van der Waals surface area contributed by atoms with Gasteiger partial charge in [0.2, 0.25) is 0 Å². The van der Waals surface area contributed by atoms with E-state index in [0.29, 0.717) is 4.83 Å². The summed E-state index contributed by atoms with van der Waals surface area (Å²) in [6.07, 6.45) is 5.69. The number of rotatable bonds is 6. The monoisotopic (exact) mass is 268 g/mol. The first-order chi connectivity index (χ1) is 7.22. The third kappa shape index (κ3) is 5.12. The molecule has 0 aliphatic carbocycles. The van der Waals surface area contributed by atoms with Crippen LogP contribution in [0.4, 0.5) is 0 Å². The smallest absolute Gasteiger partial charge is 0.150 e. The minimum Gasteiger partial charge on any atom is -0.298 e. The molecule has 0 N–H and O–H groups in total.